The summed E-state index contributed by atoms with van der Waals surface area (Å²) in [5.41, 5.74) is 1.17. The predicted octanol–water partition coefficient (Wildman–Crippen LogP) is -0.156. The third kappa shape index (κ3) is 4.51. The van der Waals surface area contributed by atoms with Crippen molar-refractivity contribution in [3.8, 4) is 0 Å². The maximum absolute atomic E-state index is 5.96. The van der Waals surface area contributed by atoms with Crippen LogP contribution in [0.5, 0.6) is 0 Å². The summed E-state index contributed by atoms with van der Waals surface area (Å²) in [5.74, 6) is 0. The largest absolute Gasteiger partial charge is 1.00 e. The van der Waals surface area contributed by atoms with Crippen LogP contribution in [0.15, 0.2) is 24.3 Å². The van der Waals surface area contributed by atoms with Crippen molar-refractivity contribution in [1.82, 2.24) is 5.32 Å². The van der Waals surface area contributed by atoms with E-state index in [1.165, 1.54) is 5.56 Å². The van der Waals surface area contributed by atoms with Crippen LogP contribution in [-0.4, -0.2) is 6.54 Å². The lowest BCUT2D eigenvalue weighted by molar-refractivity contribution is -0.00000247. The van der Waals surface area contributed by atoms with E-state index in [0.29, 0.717) is 0 Å². The second-order valence-corrected chi connectivity index (χ2v) is 3.18. The number of benzene rings is 1. The highest BCUT2D eigenvalue weighted by Gasteiger charge is 1.96. The van der Waals surface area contributed by atoms with Gasteiger partial charge in [0.15, 0.2) is 0 Å². The molecular formula is C10H14Cl2N-. The van der Waals surface area contributed by atoms with E-state index in [1.54, 1.807) is 0 Å². The molecule has 0 aliphatic carbocycles. The lowest BCUT2D eigenvalue weighted by Gasteiger charge is -2.04. The molecule has 0 unspecified atom stereocenters. The summed E-state index contributed by atoms with van der Waals surface area (Å²) < 4.78 is 0. The monoisotopic (exact) mass is 218 g/mol. The molecule has 1 aromatic rings. The zero-order chi connectivity index (χ0) is 8.81. The maximum atomic E-state index is 5.96. The normalized spacial score (nSPS) is 9.38. The Hall–Kier alpha value is -0.240. The number of hydrogen-bond acceptors (Lipinski definition) is 1. The minimum Gasteiger partial charge on any atom is -1.00 e. The molecule has 13 heavy (non-hydrogen) atoms. The molecule has 0 atom stereocenters. The van der Waals surface area contributed by atoms with Gasteiger partial charge in [-0.25, -0.2) is 0 Å². The Morgan fingerprint density at radius 3 is 2.62 bits per heavy atom. The molecule has 74 valence electrons. The van der Waals surface area contributed by atoms with Gasteiger partial charge in [-0.2, -0.15) is 0 Å². The number of nitrogens with one attached hydrogen (secondary N) is 1. The average molecular weight is 219 g/mol. The average Bonchev–Trinajstić information content (AvgIpc) is 2.09. The molecule has 0 amide bonds. The molecule has 0 bridgehead atoms. The minimum absolute atomic E-state index is 0. The molecule has 0 saturated heterocycles. The van der Waals surface area contributed by atoms with E-state index in [0.717, 1.165) is 24.5 Å². The molecule has 1 nitrogen and oxygen atoms in total. The highest BCUT2D eigenvalue weighted by atomic mass is 35.5. The van der Waals surface area contributed by atoms with Gasteiger partial charge in [0.1, 0.15) is 0 Å². The van der Waals surface area contributed by atoms with Crippen LogP contribution in [0.4, 0.5) is 0 Å². The molecule has 0 aromatic heterocycles. The zero-order valence-corrected chi connectivity index (χ0v) is 9.20. The fourth-order valence-electron chi connectivity index (χ4n) is 1.04. The van der Waals surface area contributed by atoms with Gasteiger partial charge in [0.2, 0.25) is 0 Å². The van der Waals surface area contributed by atoms with Crippen LogP contribution in [0.2, 0.25) is 5.02 Å². The van der Waals surface area contributed by atoms with Crippen LogP contribution in [0.1, 0.15) is 18.9 Å². The zero-order valence-electron chi connectivity index (χ0n) is 7.69. The van der Waals surface area contributed by atoms with Crippen LogP contribution < -0.4 is 17.7 Å². The number of halogens is 2. The second kappa shape index (κ2) is 7.19. The second-order valence-electron chi connectivity index (χ2n) is 2.77. The molecule has 1 rings (SSSR count). The fraction of sp³-hybridized carbons (Fsp3) is 0.400. The van der Waals surface area contributed by atoms with Crippen molar-refractivity contribution in [2.75, 3.05) is 6.54 Å². The first kappa shape index (κ1) is 12.8. The van der Waals surface area contributed by atoms with Crippen molar-refractivity contribution < 1.29 is 12.4 Å². The quantitative estimate of drug-likeness (QED) is 0.694. The van der Waals surface area contributed by atoms with Gasteiger partial charge in [-0.05, 0) is 24.6 Å². The Morgan fingerprint density at radius 2 is 2.00 bits per heavy atom. The summed E-state index contributed by atoms with van der Waals surface area (Å²) in [7, 11) is 0. The summed E-state index contributed by atoms with van der Waals surface area (Å²) in [5, 5.41) is 4.16. The Kier molecular flexibility index (Phi) is 7.06. The van der Waals surface area contributed by atoms with E-state index < -0.39 is 0 Å². The Labute approximate surface area is 90.9 Å². The third-order valence-electron chi connectivity index (χ3n) is 1.70. The summed E-state index contributed by atoms with van der Waals surface area (Å²) in [6.45, 7) is 4.07. The van der Waals surface area contributed by atoms with Gasteiger partial charge in [0.25, 0.3) is 0 Å². The molecule has 0 aliphatic rings. The van der Waals surface area contributed by atoms with Gasteiger partial charge >= 0.3 is 0 Å². The highest BCUT2D eigenvalue weighted by molar-refractivity contribution is 6.31. The molecule has 3 heteroatoms. The van der Waals surface area contributed by atoms with Crippen molar-refractivity contribution in [2.24, 2.45) is 0 Å². The first-order chi connectivity index (χ1) is 5.84. The summed E-state index contributed by atoms with van der Waals surface area (Å²) >= 11 is 5.96. The first-order valence-electron chi connectivity index (χ1n) is 4.28. The minimum atomic E-state index is 0. The maximum Gasteiger partial charge on any atom is 0.0450 e. The van der Waals surface area contributed by atoms with Gasteiger partial charge in [0, 0.05) is 11.6 Å². The van der Waals surface area contributed by atoms with Gasteiger partial charge in [-0.3, -0.25) is 0 Å². The first-order valence-corrected chi connectivity index (χ1v) is 4.66. The Balaban J connectivity index is 0.00000144. The van der Waals surface area contributed by atoms with Gasteiger partial charge in [-0.1, -0.05) is 36.7 Å². The third-order valence-corrected chi connectivity index (χ3v) is 2.07. The molecule has 1 N–H and O–H groups in total. The Morgan fingerprint density at radius 1 is 1.31 bits per heavy atom. The van der Waals surface area contributed by atoms with Gasteiger partial charge < -0.3 is 17.7 Å². The summed E-state index contributed by atoms with van der Waals surface area (Å²) in [6.07, 6.45) is 1.16. The lowest BCUT2D eigenvalue weighted by atomic mass is 10.2. The molecule has 1 aromatic carbocycles. The molecule has 0 aliphatic heterocycles. The molecule has 0 saturated carbocycles. The Bertz CT molecular complexity index is 238. The van der Waals surface area contributed by atoms with Crippen LogP contribution in [-0.2, 0) is 6.54 Å². The van der Waals surface area contributed by atoms with E-state index in [1.807, 2.05) is 24.3 Å². The standard InChI is InChI=1S/C10H14ClN.ClH/c1-2-7-12-8-9-5-3-4-6-10(9)11;/h3-6,12H,2,7-8H2,1H3;1H/p-1. The van der Waals surface area contributed by atoms with Gasteiger partial charge in [-0.15, -0.1) is 0 Å². The fourth-order valence-corrected chi connectivity index (χ4v) is 1.24. The summed E-state index contributed by atoms with van der Waals surface area (Å²) in [4.78, 5) is 0. The predicted molar refractivity (Wildman–Crippen MR) is 53.4 cm³/mol. The van der Waals surface area contributed by atoms with Crippen molar-refractivity contribution >= 4 is 11.6 Å². The van der Waals surface area contributed by atoms with Crippen molar-refractivity contribution in [2.45, 2.75) is 19.9 Å². The van der Waals surface area contributed by atoms with Crippen molar-refractivity contribution in [3.63, 3.8) is 0 Å². The topological polar surface area (TPSA) is 12.0 Å². The van der Waals surface area contributed by atoms with E-state index in [9.17, 15) is 0 Å². The smallest absolute Gasteiger partial charge is 0.0450 e. The SMILES string of the molecule is CCCNCc1ccccc1Cl.[Cl-]. The lowest BCUT2D eigenvalue weighted by Crippen LogP contribution is -3.00. The molecular weight excluding hydrogens is 205 g/mol. The van der Waals surface area contributed by atoms with Crippen molar-refractivity contribution in [1.29, 1.82) is 0 Å². The van der Waals surface area contributed by atoms with E-state index in [2.05, 4.69) is 12.2 Å². The number of rotatable bonds is 4. The highest BCUT2D eigenvalue weighted by Crippen LogP contribution is 2.13. The van der Waals surface area contributed by atoms with Crippen LogP contribution in [0.25, 0.3) is 0 Å². The number of hydrogen-bond donors (Lipinski definition) is 1. The van der Waals surface area contributed by atoms with Crippen LogP contribution >= 0.6 is 11.6 Å². The van der Waals surface area contributed by atoms with E-state index in [4.69, 9.17) is 11.6 Å². The molecule has 0 radical (unpaired) electrons. The van der Waals surface area contributed by atoms with E-state index >= 15 is 0 Å². The van der Waals surface area contributed by atoms with Crippen LogP contribution in [0.3, 0.4) is 0 Å². The molecule has 0 fully saturated rings. The molecule has 0 heterocycles. The molecule has 0 spiro atoms. The van der Waals surface area contributed by atoms with Crippen molar-refractivity contribution in [3.05, 3.63) is 34.9 Å². The van der Waals surface area contributed by atoms with Gasteiger partial charge in [0.05, 0.1) is 0 Å². The van der Waals surface area contributed by atoms with Crippen LogP contribution in [0, 0.1) is 0 Å². The van der Waals surface area contributed by atoms with E-state index in [-0.39, 0.29) is 12.4 Å². The summed E-state index contributed by atoms with van der Waals surface area (Å²) in [6, 6.07) is 7.93.